The molecule has 4 N–H and O–H groups in total. The second-order valence-corrected chi connectivity index (χ2v) is 5.25. The third-order valence-electron chi connectivity index (χ3n) is 3.06. The SMILES string of the molecule is C=CC(=O)OCCO.NCCCCCCO.O=C=NC(N=C=O)c1ccccc1. The highest BCUT2D eigenvalue weighted by Crippen LogP contribution is 2.16. The predicted octanol–water partition coefficient (Wildman–Crippen LogP) is 1.56. The van der Waals surface area contributed by atoms with Gasteiger partial charge in [0.2, 0.25) is 12.2 Å². The maximum atomic E-state index is 10.1. The number of aliphatic hydroxyl groups is 2. The van der Waals surface area contributed by atoms with Crippen molar-refractivity contribution in [2.45, 2.75) is 31.8 Å². The molecule has 0 bridgehead atoms. The van der Waals surface area contributed by atoms with Gasteiger partial charge >= 0.3 is 5.97 Å². The van der Waals surface area contributed by atoms with Crippen LogP contribution >= 0.6 is 0 Å². The summed E-state index contributed by atoms with van der Waals surface area (Å²) in [5.41, 5.74) is 5.91. The largest absolute Gasteiger partial charge is 0.460 e. The molecule has 1 rings (SSSR count). The molecule has 9 nitrogen and oxygen atoms in total. The number of rotatable bonds is 11. The van der Waals surface area contributed by atoms with E-state index in [-0.39, 0.29) is 13.2 Å². The Kier molecular flexibility index (Phi) is 22.5. The van der Waals surface area contributed by atoms with Gasteiger partial charge in [0.05, 0.1) is 6.61 Å². The number of ether oxygens (including phenoxy) is 1. The molecule has 0 radical (unpaired) electrons. The van der Waals surface area contributed by atoms with E-state index in [0.717, 1.165) is 38.3 Å². The van der Waals surface area contributed by atoms with Crippen molar-refractivity contribution in [1.29, 1.82) is 0 Å². The van der Waals surface area contributed by atoms with E-state index in [9.17, 15) is 14.4 Å². The third-order valence-corrected chi connectivity index (χ3v) is 3.06. The van der Waals surface area contributed by atoms with Gasteiger partial charge < -0.3 is 20.7 Å². The molecule has 0 aromatic heterocycles. The van der Waals surface area contributed by atoms with E-state index in [2.05, 4.69) is 21.3 Å². The van der Waals surface area contributed by atoms with E-state index < -0.39 is 12.1 Å². The van der Waals surface area contributed by atoms with Crippen molar-refractivity contribution in [2.24, 2.45) is 15.7 Å². The van der Waals surface area contributed by atoms with Crippen LogP contribution in [0.3, 0.4) is 0 Å². The average Bonchev–Trinajstić information content (AvgIpc) is 2.76. The molecule has 0 aliphatic rings. The van der Waals surface area contributed by atoms with Gasteiger partial charge in [-0.1, -0.05) is 49.8 Å². The van der Waals surface area contributed by atoms with E-state index in [4.69, 9.17) is 15.9 Å². The van der Waals surface area contributed by atoms with Crippen LogP contribution in [-0.2, 0) is 19.1 Å². The molecule has 0 fully saturated rings. The average molecular weight is 407 g/mol. The minimum atomic E-state index is -0.809. The van der Waals surface area contributed by atoms with Gasteiger partial charge in [-0.3, -0.25) is 0 Å². The second kappa shape index (κ2) is 23.1. The molecule has 9 heteroatoms. The fourth-order valence-corrected chi connectivity index (χ4v) is 1.72. The first-order valence-electron chi connectivity index (χ1n) is 9.01. The number of benzene rings is 1. The summed E-state index contributed by atoms with van der Waals surface area (Å²) in [6.45, 7) is 4.17. The van der Waals surface area contributed by atoms with Crippen molar-refractivity contribution in [3.63, 3.8) is 0 Å². The van der Waals surface area contributed by atoms with Crippen LogP contribution in [-0.4, -0.2) is 54.7 Å². The van der Waals surface area contributed by atoms with Crippen molar-refractivity contribution in [3.8, 4) is 0 Å². The van der Waals surface area contributed by atoms with E-state index in [1.807, 2.05) is 6.07 Å². The van der Waals surface area contributed by atoms with E-state index in [1.54, 1.807) is 24.3 Å². The first kappa shape index (κ1) is 28.3. The molecule has 0 saturated heterocycles. The zero-order valence-electron chi connectivity index (χ0n) is 16.4. The summed E-state index contributed by atoms with van der Waals surface area (Å²) in [6.07, 6.45) is 7.26. The van der Waals surface area contributed by atoms with Crippen LogP contribution in [0.5, 0.6) is 0 Å². The van der Waals surface area contributed by atoms with Crippen LogP contribution < -0.4 is 5.73 Å². The van der Waals surface area contributed by atoms with Crippen molar-refractivity contribution >= 4 is 18.1 Å². The molecule has 0 aliphatic carbocycles. The highest BCUT2D eigenvalue weighted by atomic mass is 16.5. The summed E-state index contributed by atoms with van der Waals surface area (Å²) in [5, 5.41) is 16.4. The number of aliphatic hydroxyl groups excluding tert-OH is 2. The standard InChI is InChI=1S/C9H6N2O2.C6H15NO.C5H8O3/c12-6-10-9(11-7-13)8-4-2-1-3-5-8;7-5-3-1-2-4-6-8;1-2-5(7)8-4-3-6/h1-5,9H;8H,1-7H2;2,6H,1,3-4H2. The Morgan fingerprint density at radius 3 is 2.10 bits per heavy atom. The summed E-state index contributed by atoms with van der Waals surface area (Å²) >= 11 is 0. The molecule has 160 valence electrons. The summed E-state index contributed by atoms with van der Waals surface area (Å²) < 4.78 is 4.33. The molecule has 0 aliphatic heterocycles. The Balaban J connectivity index is 0. The molecule has 0 amide bonds. The molecule has 29 heavy (non-hydrogen) atoms. The lowest BCUT2D eigenvalue weighted by Gasteiger charge is -2.01. The molecule has 0 spiro atoms. The number of hydrogen-bond acceptors (Lipinski definition) is 9. The minimum Gasteiger partial charge on any atom is -0.460 e. The van der Waals surface area contributed by atoms with Gasteiger partial charge in [-0.15, -0.1) is 0 Å². The molecule has 0 heterocycles. The normalized spacial score (nSPS) is 9.76. The van der Waals surface area contributed by atoms with Gasteiger partial charge in [0.1, 0.15) is 6.61 Å². The maximum Gasteiger partial charge on any atom is 0.330 e. The first-order valence-corrected chi connectivity index (χ1v) is 9.01. The Bertz CT molecular complexity index is 602. The zero-order chi connectivity index (χ0) is 22.2. The summed E-state index contributed by atoms with van der Waals surface area (Å²) in [7, 11) is 0. The van der Waals surface area contributed by atoms with Crippen LogP contribution in [0.1, 0.15) is 37.4 Å². The van der Waals surface area contributed by atoms with Gasteiger partial charge in [-0.05, 0) is 24.9 Å². The Morgan fingerprint density at radius 2 is 1.66 bits per heavy atom. The lowest BCUT2D eigenvalue weighted by Crippen LogP contribution is -2.04. The quantitative estimate of drug-likeness (QED) is 0.165. The number of isocyanates is 2. The van der Waals surface area contributed by atoms with Crippen LogP contribution in [0.15, 0.2) is 53.0 Å². The highest BCUT2D eigenvalue weighted by molar-refractivity contribution is 5.81. The molecular weight excluding hydrogens is 378 g/mol. The van der Waals surface area contributed by atoms with Crippen LogP contribution in [0.25, 0.3) is 0 Å². The number of nitrogens with two attached hydrogens (primary N) is 1. The Labute approximate surface area is 170 Å². The minimum absolute atomic E-state index is 0.0465. The van der Waals surface area contributed by atoms with Crippen LogP contribution in [0.2, 0.25) is 0 Å². The van der Waals surface area contributed by atoms with Gasteiger partial charge in [0, 0.05) is 12.7 Å². The molecular formula is C20H29N3O6. The van der Waals surface area contributed by atoms with E-state index >= 15 is 0 Å². The zero-order valence-corrected chi connectivity index (χ0v) is 16.4. The Hall–Kier alpha value is -2.93. The fraction of sp³-hybridized carbons (Fsp3) is 0.450. The molecule has 0 atom stereocenters. The first-order chi connectivity index (χ1) is 14.1. The molecule has 1 aromatic carbocycles. The smallest absolute Gasteiger partial charge is 0.330 e. The topological polar surface area (TPSA) is 152 Å². The summed E-state index contributed by atoms with van der Waals surface area (Å²) in [6, 6.07) is 8.78. The van der Waals surface area contributed by atoms with Crippen molar-refractivity contribution in [1.82, 2.24) is 0 Å². The highest BCUT2D eigenvalue weighted by Gasteiger charge is 2.05. The third kappa shape index (κ3) is 19.6. The van der Waals surface area contributed by atoms with Gasteiger partial charge in [-0.25, -0.2) is 14.4 Å². The predicted molar refractivity (Wildman–Crippen MR) is 108 cm³/mol. The number of carbonyl (C=O) groups is 1. The number of aliphatic imine (C=N–C) groups is 2. The van der Waals surface area contributed by atoms with Crippen molar-refractivity contribution < 1.29 is 29.3 Å². The lowest BCUT2D eigenvalue weighted by atomic mass is 10.2. The molecule has 0 saturated carbocycles. The van der Waals surface area contributed by atoms with E-state index in [1.165, 1.54) is 12.2 Å². The second-order valence-electron chi connectivity index (χ2n) is 5.25. The number of nitrogens with zero attached hydrogens (tertiary/aromatic N) is 2. The van der Waals surface area contributed by atoms with E-state index in [0.29, 0.717) is 12.2 Å². The number of carbonyl (C=O) groups excluding carboxylic acids is 3. The van der Waals surface area contributed by atoms with Crippen molar-refractivity contribution in [3.05, 3.63) is 48.6 Å². The summed E-state index contributed by atoms with van der Waals surface area (Å²) in [5.74, 6) is -0.501. The fourth-order valence-electron chi connectivity index (χ4n) is 1.72. The van der Waals surface area contributed by atoms with Gasteiger partial charge in [0.15, 0.2) is 6.17 Å². The number of esters is 1. The van der Waals surface area contributed by atoms with Gasteiger partial charge in [-0.2, -0.15) is 9.98 Å². The maximum absolute atomic E-state index is 10.1. The summed E-state index contributed by atoms with van der Waals surface area (Å²) in [4.78, 5) is 36.8. The van der Waals surface area contributed by atoms with Crippen LogP contribution in [0, 0.1) is 0 Å². The van der Waals surface area contributed by atoms with Crippen LogP contribution in [0.4, 0.5) is 0 Å². The number of unbranched alkanes of at least 4 members (excludes halogenated alkanes) is 3. The Morgan fingerprint density at radius 1 is 1.07 bits per heavy atom. The molecule has 1 aromatic rings. The number of hydrogen-bond donors (Lipinski definition) is 3. The van der Waals surface area contributed by atoms with Crippen molar-refractivity contribution in [2.75, 3.05) is 26.4 Å². The monoisotopic (exact) mass is 407 g/mol. The molecule has 0 unspecified atom stereocenters. The van der Waals surface area contributed by atoms with Gasteiger partial charge in [0.25, 0.3) is 0 Å². The lowest BCUT2D eigenvalue weighted by molar-refractivity contribution is -0.138.